The monoisotopic (exact) mass is 937 g/mol. The van der Waals surface area contributed by atoms with E-state index < -0.39 is 0 Å². The number of rotatable bonds is 9. The molecule has 0 radical (unpaired) electrons. The second-order valence-corrected chi connectivity index (χ2v) is 18.4. The molecule has 9 aromatic carbocycles. The first-order valence-corrected chi connectivity index (χ1v) is 24.3. The molecule has 0 saturated carbocycles. The minimum absolute atomic E-state index is 0.544. The molecule has 0 bridgehead atoms. The molecular weight excluding hydrogens is 887 g/mol. The third-order valence-electron chi connectivity index (χ3n) is 13.2. The summed E-state index contributed by atoms with van der Waals surface area (Å²) in [6.45, 7) is 19.4. The van der Waals surface area contributed by atoms with Gasteiger partial charge in [0, 0.05) is 47.5 Å². The summed E-state index contributed by atoms with van der Waals surface area (Å²) < 4.78 is 15.2. The molecule has 3 aromatic heterocycles. The third kappa shape index (κ3) is 8.34. The minimum atomic E-state index is 0.544. The van der Waals surface area contributed by atoms with E-state index in [1.54, 1.807) is 0 Å². The van der Waals surface area contributed by atoms with Crippen molar-refractivity contribution < 1.29 is 8.83 Å². The smallest absolute Gasteiger partial charge is 0.135 e. The molecule has 0 atom stereocenters. The highest BCUT2D eigenvalue weighted by Gasteiger charge is 2.22. The molecule has 12 rings (SSSR count). The maximum Gasteiger partial charge on any atom is 0.135 e. The van der Waals surface area contributed by atoms with Gasteiger partial charge in [-0.15, -0.1) is 11.3 Å². The van der Waals surface area contributed by atoms with E-state index in [1.807, 2.05) is 72.0 Å². The van der Waals surface area contributed by atoms with Crippen LogP contribution in [0, 0.1) is 19.3 Å². The molecule has 0 amide bonds. The first kappa shape index (κ1) is 45.9. The van der Waals surface area contributed by atoms with E-state index in [-0.39, 0.29) is 0 Å². The lowest BCUT2D eigenvalue weighted by Crippen LogP contribution is -2.13. The lowest BCUT2D eigenvalue weighted by molar-refractivity contribution is 0.577. The summed E-state index contributed by atoms with van der Waals surface area (Å²) in [6.07, 6.45) is 7.79. The Kier molecular flexibility index (Phi) is 12.7. The van der Waals surface area contributed by atoms with E-state index in [2.05, 4.69) is 179 Å². The van der Waals surface area contributed by atoms with E-state index >= 15 is 0 Å². The normalized spacial score (nSPS) is 11.8. The lowest BCUT2D eigenvalue weighted by Gasteiger charge is -2.14. The summed E-state index contributed by atoms with van der Waals surface area (Å²) in [6, 6.07) is 59.2. The molecule has 0 aliphatic rings. The second-order valence-electron chi connectivity index (χ2n) is 17.3. The van der Waals surface area contributed by atoms with Crippen molar-refractivity contribution in [2.75, 3.05) is 0 Å². The molecule has 0 saturated heterocycles. The van der Waals surface area contributed by atoms with E-state index in [0.717, 1.165) is 99.5 Å². The van der Waals surface area contributed by atoms with Crippen molar-refractivity contribution in [3.63, 3.8) is 0 Å². The number of aliphatic imine (C=N–C) groups is 1. The summed E-state index contributed by atoms with van der Waals surface area (Å²) >= 11 is 1.83. The number of hydrogen-bond acceptors (Lipinski definition) is 5. The van der Waals surface area contributed by atoms with Gasteiger partial charge in [-0.1, -0.05) is 171 Å². The fraction of sp³-hybridized carbons (Fsp3) is 0.0462. The van der Waals surface area contributed by atoms with Gasteiger partial charge in [0.25, 0.3) is 0 Å². The summed E-state index contributed by atoms with van der Waals surface area (Å²) in [7, 11) is 0. The number of nitrogens with two attached hydrogens (primary N) is 1. The molecule has 0 fully saturated rings. The first-order valence-electron chi connectivity index (χ1n) is 23.5. The molecule has 0 aliphatic carbocycles. The van der Waals surface area contributed by atoms with Gasteiger partial charge in [-0.05, 0) is 129 Å². The number of nitrogens with zero attached hydrogens (tertiary/aromatic N) is 1. The fourth-order valence-electron chi connectivity index (χ4n) is 10.0. The van der Waals surface area contributed by atoms with Crippen LogP contribution >= 0.6 is 11.3 Å². The van der Waals surface area contributed by atoms with Gasteiger partial charge >= 0.3 is 0 Å². The van der Waals surface area contributed by atoms with Gasteiger partial charge in [-0.25, -0.2) is 0 Å². The summed E-state index contributed by atoms with van der Waals surface area (Å²) in [4.78, 5) is 4.59. The number of thiophene rings is 1. The molecular formula is C65H51N3O2S. The van der Waals surface area contributed by atoms with Gasteiger partial charge in [0.15, 0.2) is 0 Å². The van der Waals surface area contributed by atoms with E-state index in [9.17, 15) is 0 Å². The van der Waals surface area contributed by atoms with Crippen LogP contribution in [-0.4, -0.2) is 12.6 Å². The predicted octanol–water partition coefficient (Wildman–Crippen LogP) is 18.1. The molecule has 3 N–H and O–H groups in total. The topological polar surface area (TPSA) is 88.5 Å². The van der Waals surface area contributed by atoms with E-state index in [1.165, 1.54) is 36.5 Å². The van der Waals surface area contributed by atoms with Gasteiger partial charge < -0.3 is 20.0 Å². The summed E-state index contributed by atoms with van der Waals surface area (Å²) in [5.74, 6) is 1.44. The zero-order valence-corrected chi connectivity index (χ0v) is 40.6. The molecule has 12 aromatic rings. The average molecular weight is 938 g/mol. The minimum Gasteiger partial charge on any atom is -0.461 e. The van der Waals surface area contributed by atoms with Crippen molar-refractivity contribution in [2.45, 2.75) is 20.4 Å². The standard InChI is InChI=1S/C38H26O2S.C26H22N2.CH3N/c1-4-9-26(25-16-18-29-28-11-5-6-15-34(28)41-35(29)21-25)37-23(3)39-33-14-8-12-27(38(33)37)24-17-19-31-30(20-24)36-22(2)10-7-13-32(36)40-31;1-3-20-21(4-2)24-15-14-19(16-25(24)23-13-9-8-12-22(20)23)26(27)28-17-18-10-6-5-7-11-18;1-2/h4-21H,1H2,2-3H3;3-16H,1-2,17H2,(H2,27,28);2H,1H2/b26-9-;;. The Hall–Kier alpha value is -8.84. The van der Waals surface area contributed by atoms with Crippen molar-refractivity contribution >= 4 is 116 Å². The van der Waals surface area contributed by atoms with Crippen LogP contribution in [0.4, 0.5) is 0 Å². The SMILES string of the molecule is C=C/C=C(/c1ccc2c(c1)sc1ccccc12)c1c(C)oc2cccc(-c3ccc4oc5cccc(C)c5c4c3)c12.C=Cc1c(C=C)c2ccc(C(N)=NCc3ccccc3)cc2c2ccccc12.C=N. The van der Waals surface area contributed by atoms with Crippen LogP contribution in [0.1, 0.15) is 44.7 Å². The number of hydrogen-bond donors (Lipinski definition) is 2. The number of amidine groups is 1. The highest BCUT2D eigenvalue weighted by atomic mass is 32.1. The van der Waals surface area contributed by atoms with Crippen LogP contribution in [0.25, 0.3) is 103 Å². The van der Waals surface area contributed by atoms with Crippen molar-refractivity contribution in [3.8, 4) is 11.1 Å². The Morgan fingerprint density at radius 1 is 0.563 bits per heavy atom. The highest BCUT2D eigenvalue weighted by molar-refractivity contribution is 7.25. The van der Waals surface area contributed by atoms with Gasteiger partial charge in [0.05, 0.1) is 6.54 Å². The first-order chi connectivity index (χ1) is 34.8. The zero-order valence-electron chi connectivity index (χ0n) is 39.8. The molecule has 6 heteroatoms. The largest absolute Gasteiger partial charge is 0.461 e. The maximum absolute atomic E-state index is 6.42. The summed E-state index contributed by atoms with van der Waals surface area (Å²) in [5.41, 5.74) is 20.1. The second kappa shape index (κ2) is 19.6. The summed E-state index contributed by atoms with van der Waals surface area (Å²) in [5, 5.41) is 16.1. The fourth-order valence-corrected chi connectivity index (χ4v) is 11.2. The number of nitrogens with one attached hydrogen (secondary N) is 1. The van der Waals surface area contributed by atoms with Crippen LogP contribution in [-0.2, 0) is 6.54 Å². The molecule has 0 spiro atoms. The van der Waals surface area contributed by atoms with Gasteiger partial charge in [-0.3, -0.25) is 4.99 Å². The number of allylic oxidation sites excluding steroid dienone is 2. The van der Waals surface area contributed by atoms with Gasteiger partial charge in [-0.2, -0.15) is 0 Å². The van der Waals surface area contributed by atoms with Crippen molar-refractivity contribution in [1.29, 1.82) is 5.41 Å². The molecule has 344 valence electrons. The van der Waals surface area contributed by atoms with Crippen LogP contribution in [0.15, 0.2) is 216 Å². The molecule has 3 heterocycles. The third-order valence-corrected chi connectivity index (χ3v) is 14.4. The van der Waals surface area contributed by atoms with Crippen LogP contribution < -0.4 is 5.73 Å². The Morgan fingerprint density at radius 2 is 1.21 bits per heavy atom. The number of benzene rings is 9. The van der Waals surface area contributed by atoms with Gasteiger partial charge in [0.1, 0.15) is 28.3 Å². The van der Waals surface area contributed by atoms with E-state index in [0.29, 0.717) is 12.4 Å². The quantitative estimate of drug-likeness (QED) is 0.0654. The average Bonchev–Trinajstić information content (AvgIpc) is 4.10. The van der Waals surface area contributed by atoms with Crippen LogP contribution in [0.2, 0.25) is 0 Å². The Balaban J connectivity index is 0.000000170. The highest BCUT2D eigenvalue weighted by Crippen LogP contribution is 2.44. The molecule has 5 nitrogen and oxygen atoms in total. The predicted molar refractivity (Wildman–Crippen MR) is 307 cm³/mol. The molecule has 71 heavy (non-hydrogen) atoms. The van der Waals surface area contributed by atoms with Crippen molar-refractivity contribution in [3.05, 3.63) is 246 Å². The van der Waals surface area contributed by atoms with Crippen LogP contribution in [0.3, 0.4) is 0 Å². The number of furan rings is 2. The molecule has 0 unspecified atom stereocenters. The van der Waals surface area contributed by atoms with Crippen molar-refractivity contribution in [1.82, 2.24) is 0 Å². The van der Waals surface area contributed by atoms with Gasteiger partial charge in [0.2, 0.25) is 0 Å². The molecule has 0 aliphatic heterocycles. The van der Waals surface area contributed by atoms with Crippen LogP contribution in [0.5, 0.6) is 0 Å². The number of aryl methyl sites for hydroxylation is 2. The maximum atomic E-state index is 6.42. The zero-order chi connectivity index (χ0) is 49.2. The Labute approximate surface area is 417 Å². The Morgan fingerprint density at radius 3 is 1.97 bits per heavy atom. The van der Waals surface area contributed by atoms with Crippen molar-refractivity contribution in [2.24, 2.45) is 10.7 Å². The number of fused-ring (bicyclic) bond motifs is 10. The Bertz CT molecular complexity index is 4110. The lowest BCUT2D eigenvalue weighted by atomic mass is 9.90. The van der Waals surface area contributed by atoms with E-state index in [4.69, 9.17) is 20.0 Å².